The summed E-state index contributed by atoms with van der Waals surface area (Å²) in [5.74, 6) is 0. The van der Waals surface area contributed by atoms with Crippen LogP contribution in [0.1, 0.15) is 33.3 Å². The van der Waals surface area contributed by atoms with Crippen LogP contribution in [-0.2, 0) is 16.0 Å². The van der Waals surface area contributed by atoms with Crippen molar-refractivity contribution in [3.05, 3.63) is 41.0 Å². The zero-order valence-electron chi connectivity index (χ0n) is 15.2. The van der Waals surface area contributed by atoms with E-state index in [0.29, 0.717) is 16.1 Å². The Morgan fingerprint density at radius 1 is 1.19 bits per heavy atom. The second-order valence-electron chi connectivity index (χ2n) is 6.22. The minimum Gasteiger partial charge on any atom is -0.446 e. The summed E-state index contributed by atoms with van der Waals surface area (Å²) in [6, 6.07) is 7.15. The van der Waals surface area contributed by atoms with E-state index in [1.54, 1.807) is 52.1 Å². The van der Waals surface area contributed by atoms with Gasteiger partial charge in [0.25, 0.3) is 0 Å². The normalized spacial score (nSPS) is 10.9. The number of amides is 2. The summed E-state index contributed by atoms with van der Waals surface area (Å²) >= 11 is 6.17. The molecule has 2 rings (SSSR count). The maximum atomic E-state index is 12.4. The molecule has 2 amide bonds. The van der Waals surface area contributed by atoms with Crippen molar-refractivity contribution in [2.24, 2.45) is 0 Å². The van der Waals surface area contributed by atoms with Gasteiger partial charge in [-0.05, 0) is 45.9 Å². The minimum absolute atomic E-state index is 0.0207. The Morgan fingerprint density at radius 3 is 2.54 bits per heavy atom. The van der Waals surface area contributed by atoms with Gasteiger partial charge in [0.2, 0.25) is 0 Å². The molecule has 26 heavy (non-hydrogen) atoms. The molecule has 0 aliphatic carbocycles. The molecule has 0 fully saturated rings. The fraction of sp³-hybridized carbons (Fsp3) is 0.389. The molecule has 2 aromatic rings. The molecule has 0 aliphatic rings. The maximum Gasteiger partial charge on any atom is 0.429 e. The average molecular weight is 380 g/mol. The molecule has 8 heteroatoms. The smallest absolute Gasteiger partial charge is 0.429 e. The van der Waals surface area contributed by atoms with Crippen molar-refractivity contribution < 1.29 is 19.1 Å². The first-order chi connectivity index (χ1) is 12.3. The molecule has 0 atom stereocenters. The molecule has 1 aromatic heterocycles. The highest BCUT2D eigenvalue weighted by Crippen LogP contribution is 2.23. The third-order valence-corrected chi connectivity index (χ3v) is 3.42. The van der Waals surface area contributed by atoms with Crippen molar-refractivity contribution in [2.75, 3.05) is 0 Å². The first kappa shape index (κ1) is 19.8. The number of nitrogens with zero attached hydrogens (tertiary/aromatic N) is 2. The monoisotopic (exact) mass is 379 g/mol. The van der Waals surface area contributed by atoms with E-state index in [-0.39, 0.29) is 18.8 Å². The Hall–Kier alpha value is -2.54. The van der Waals surface area contributed by atoms with E-state index in [1.807, 2.05) is 6.07 Å². The van der Waals surface area contributed by atoms with Crippen LogP contribution in [0, 0.1) is 0 Å². The number of benzene rings is 1. The summed E-state index contributed by atoms with van der Waals surface area (Å²) in [6.07, 6.45) is -0.477. The zero-order chi connectivity index (χ0) is 19.3. The minimum atomic E-state index is -0.750. The number of pyridine rings is 1. The van der Waals surface area contributed by atoms with Gasteiger partial charge >= 0.3 is 12.2 Å². The van der Waals surface area contributed by atoms with Crippen LogP contribution < -0.4 is 5.43 Å². The van der Waals surface area contributed by atoms with Gasteiger partial charge < -0.3 is 9.47 Å². The Morgan fingerprint density at radius 2 is 1.88 bits per heavy atom. The molecule has 0 radical (unpaired) electrons. The molecule has 0 bridgehead atoms. The molecule has 1 heterocycles. The van der Waals surface area contributed by atoms with E-state index >= 15 is 0 Å². The lowest BCUT2D eigenvalue weighted by Gasteiger charge is -2.24. The third kappa shape index (κ3) is 5.49. The van der Waals surface area contributed by atoms with Crippen LogP contribution in [0.3, 0.4) is 0 Å². The lowest BCUT2D eigenvalue weighted by molar-refractivity contribution is 0.0445. The van der Waals surface area contributed by atoms with E-state index in [0.717, 1.165) is 10.4 Å². The number of hydrogen-bond donors (Lipinski definition) is 1. The molecule has 0 aliphatic heterocycles. The van der Waals surface area contributed by atoms with Crippen molar-refractivity contribution in [1.82, 2.24) is 15.4 Å². The summed E-state index contributed by atoms with van der Waals surface area (Å²) in [5.41, 5.74) is 3.76. The van der Waals surface area contributed by atoms with Gasteiger partial charge in [-0.15, -0.1) is 0 Å². The van der Waals surface area contributed by atoms with Crippen LogP contribution in [0.2, 0.25) is 5.02 Å². The largest absolute Gasteiger partial charge is 0.446 e. The number of nitrogens with one attached hydrogen (secondary N) is 1. The van der Waals surface area contributed by atoms with E-state index < -0.39 is 12.2 Å². The summed E-state index contributed by atoms with van der Waals surface area (Å²) < 4.78 is 10.2. The van der Waals surface area contributed by atoms with Crippen molar-refractivity contribution >= 4 is 34.7 Å². The average Bonchev–Trinajstić information content (AvgIpc) is 2.52. The molecule has 0 unspecified atom stereocenters. The fourth-order valence-electron chi connectivity index (χ4n) is 2.28. The number of ether oxygens (including phenoxy) is 2. The number of hydrazine groups is 1. The third-order valence-electron chi connectivity index (χ3n) is 3.20. The molecule has 0 saturated heterocycles. The number of fused-ring (bicyclic) bond motifs is 1. The van der Waals surface area contributed by atoms with Crippen LogP contribution in [0.25, 0.3) is 10.9 Å². The standard InChI is InChI=1S/C18H22ClN3O4/c1-11(2)25-17(23)21-22(18(24)26-12(3)4)10-14-9-15(19)8-13-6-5-7-20-16(13)14/h5-9,11-12H,10H2,1-4H3,(H,21,23). The van der Waals surface area contributed by atoms with Crippen molar-refractivity contribution in [3.8, 4) is 0 Å². The van der Waals surface area contributed by atoms with Crippen LogP contribution in [-0.4, -0.2) is 34.4 Å². The summed E-state index contributed by atoms with van der Waals surface area (Å²) in [4.78, 5) is 28.7. The summed E-state index contributed by atoms with van der Waals surface area (Å²) in [6.45, 7) is 6.89. The second-order valence-corrected chi connectivity index (χ2v) is 6.66. The van der Waals surface area contributed by atoms with Gasteiger partial charge in [0.05, 0.1) is 24.3 Å². The highest BCUT2D eigenvalue weighted by molar-refractivity contribution is 6.31. The van der Waals surface area contributed by atoms with Crippen molar-refractivity contribution in [3.63, 3.8) is 0 Å². The van der Waals surface area contributed by atoms with Gasteiger partial charge in [0.15, 0.2) is 0 Å². The predicted molar refractivity (Wildman–Crippen MR) is 98.7 cm³/mol. The maximum absolute atomic E-state index is 12.4. The molecule has 1 aromatic carbocycles. The van der Waals surface area contributed by atoms with E-state index in [2.05, 4.69) is 10.4 Å². The number of carbonyl (C=O) groups excluding carboxylic acids is 2. The quantitative estimate of drug-likeness (QED) is 0.801. The Bertz CT molecular complexity index is 795. The van der Waals surface area contributed by atoms with Gasteiger partial charge in [-0.1, -0.05) is 17.7 Å². The number of hydrogen-bond acceptors (Lipinski definition) is 5. The number of halogens is 1. The van der Waals surface area contributed by atoms with Gasteiger partial charge in [0.1, 0.15) is 0 Å². The Labute approximate surface area is 157 Å². The van der Waals surface area contributed by atoms with E-state index in [9.17, 15) is 9.59 Å². The lowest BCUT2D eigenvalue weighted by atomic mass is 10.1. The van der Waals surface area contributed by atoms with Crippen LogP contribution >= 0.6 is 11.6 Å². The first-order valence-electron chi connectivity index (χ1n) is 8.25. The van der Waals surface area contributed by atoms with Crippen molar-refractivity contribution in [2.45, 2.75) is 46.4 Å². The molecule has 0 spiro atoms. The van der Waals surface area contributed by atoms with E-state index in [4.69, 9.17) is 21.1 Å². The van der Waals surface area contributed by atoms with Gasteiger partial charge in [-0.2, -0.15) is 0 Å². The number of carbonyl (C=O) groups is 2. The second kappa shape index (κ2) is 8.71. The summed E-state index contributed by atoms with van der Waals surface area (Å²) in [5, 5.41) is 2.38. The lowest BCUT2D eigenvalue weighted by Crippen LogP contribution is -2.47. The molecular formula is C18H22ClN3O4. The highest BCUT2D eigenvalue weighted by atomic mass is 35.5. The summed E-state index contributed by atoms with van der Waals surface area (Å²) in [7, 11) is 0. The highest BCUT2D eigenvalue weighted by Gasteiger charge is 2.22. The Balaban J connectivity index is 2.31. The van der Waals surface area contributed by atoms with E-state index in [1.165, 1.54) is 0 Å². The molecule has 1 N–H and O–H groups in total. The predicted octanol–water partition coefficient (Wildman–Crippen LogP) is 4.28. The molecule has 7 nitrogen and oxygen atoms in total. The number of aromatic nitrogens is 1. The topological polar surface area (TPSA) is 80.8 Å². The Kier molecular flexibility index (Phi) is 6.63. The van der Waals surface area contributed by atoms with Gasteiger partial charge in [0, 0.05) is 22.2 Å². The SMILES string of the molecule is CC(C)OC(=O)NN(Cc1cc(Cl)cc2cccnc12)C(=O)OC(C)C. The fourth-order valence-corrected chi connectivity index (χ4v) is 2.53. The van der Waals surface area contributed by atoms with Gasteiger partial charge in [-0.25, -0.2) is 20.0 Å². The van der Waals surface area contributed by atoms with Crippen LogP contribution in [0.5, 0.6) is 0 Å². The van der Waals surface area contributed by atoms with Crippen LogP contribution in [0.4, 0.5) is 9.59 Å². The molecule has 140 valence electrons. The molecular weight excluding hydrogens is 358 g/mol. The number of rotatable bonds is 4. The van der Waals surface area contributed by atoms with Crippen LogP contribution in [0.15, 0.2) is 30.5 Å². The first-order valence-corrected chi connectivity index (χ1v) is 8.62. The van der Waals surface area contributed by atoms with Gasteiger partial charge in [-0.3, -0.25) is 4.98 Å². The zero-order valence-corrected chi connectivity index (χ0v) is 15.9. The van der Waals surface area contributed by atoms with Crippen molar-refractivity contribution in [1.29, 1.82) is 0 Å². The molecule has 0 saturated carbocycles.